The van der Waals surface area contributed by atoms with Crippen LogP contribution >= 0.6 is 24.0 Å². The van der Waals surface area contributed by atoms with Crippen molar-refractivity contribution in [2.75, 3.05) is 44.2 Å². The number of hydrogen-bond donors (Lipinski definition) is 2. The number of halogens is 1. The molecule has 0 aromatic heterocycles. The van der Waals surface area contributed by atoms with E-state index in [-0.39, 0.29) is 24.0 Å². The average Bonchev–Trinajstić information content (AvgIpc) is 2.69. The van der Waals surface area contributed by atoms with Crippen molar-refractivity contribution in [1.29, 1.82) is 0 Å². The normalized spacial score (nSPS) is 16.0. The second-order valence-corrected chi connectivity index (χ2v) is 7.58. The Morgan fingerprint density at radius 3 is 2.43 bits per heavy atom. The lowest BCUT2D eigenvalue weighted by atomic mass is 10.0. The van der Waals surface area contributed by atoms with Crippen LogP contribution in [0.1, 0.15) is 47.0 Å². The molecule has 6 heteroatoms. The average molecular weight is 502 g/mol. The van der Waals surface area contributed by atoms with Gasteiger partial charge < -0.3 is 20.4 Å². The van der Waals surface area contributed by atoms with E-state index < -0.39 is 0 Å². The van der Waals surface area contributed by atoms with Gasteiger partial charge in [0.2, 0.25) is 0 Å². The molecule has 0 unspecified atom stereocenters. The molecule has 0 atom stereocenters. The van der Waals surface area contributed by atoms with Crippen LogP contribution in [0.2, 0.25) is 0 Å². The van der Waals surface area contributed by atoms with Crippen LogP contribution in [0.25, 0.3) is 0 Å². The Kier molecular flexibility index (Phi) is 12.5. The maximum absolute atomic E-state index is 4.82. The van der Waals surface area contributed by atoms with E-state index in [0.717, 1.165) is 38.6 Å². The Morgan fingerprint density at radius 1 is 1.18 bits per heavy atom. The van der Waals surface area contributed by atoms with E-state index in [1.54, 1.807) is 0 Å². The summed E-state index contributed by atoms with van der Waals surface area (Å²) < 4.78 is 0. The van der Waals surface area contributed by atoms with Gasteiger partial charge in [-0.25, -0.2) is 0 Å². The van der Waals surface area contributed by atoms with Crippen LogP contribution < -0.4 is 15.5 Å². The molecule has 0 aliphatic carbocycles. The molecule has 2 rings (SSSR count). The smallest absolute Gasteiger partial charge is 0.191 e. The first-order valence-corrected chi connectivity index (χ1v) is 10.7. The van der Waals surface area contributed by atoms with Crippen LogP contribution in [0.4, 0.5) is 5.69 Å². The van der Waals surface area contributed by atoms with Gasteiger partial charge in [-0.05, 0) is 59.1 Å². The highest BCUT2D eigenvalue weighted by Gasteiger charge is 2.21. The second-order valence-electron chi connectivity index (χ2n) is 7.58. The third-order valence-electron chi connectivity index (χ3n) is 5.30. The number of anilines is 1. The number of rotatable bonds is 9. The van der Waals surface area contributed by atoms with Crippen molar-refractivity contribution in [1.82, 2.24) is 15.5 Å². The summed E-state index contributed by atoms with van der Waals surface area (Å²) in [7, 11) is 0. The first kappa shape index (κ1) is 25.0. The van der Waals surface area contributed by atoms with Crippen molar-refractivity contribution in [2.24, 2.45) is 4.99 Å². The van der Waals surface area contributed by atoms with Gasteiger partial charge >= 0.3 is 0 Å². The Labute approximate surface area is 189 Å². The third kappa shape index (κ3) is 8.55. The molecule has 1 aliphatic heterocycles. The van der Waals surface area contributed by atoms with Gasteiger partial charge in [0.15, 0.2) is 5.96 Å². The zero-order valence-electron chi connectivity index (χ0n) is 18.2. The number of likely N-dealkylation sites (tertiary alicyclic amines) is 1. The highest BCUT2D eigenvalue weighted by atomic mass is 127. The minimum atomic E-state index is 0. The summed E-state index contributed by atoms with van der Waals surface area (Å²) in [5.41, 5.74) is 1.30. The summed E-state index contributed by atoms with van der Waals surface area (Å²) in [5, 5.41) is 7.06. The lowest BCUT2D eigenvalue weighted by molar-refractivity contribution is 0.167. The molecular weight excluding hydrogens is 461 g/mol. The lowest BCUT2D eigenvalue weighted by Gasteiger charge is -2.35. The van der Waals surface area contributed by atoms with E-state index in [9.17, 15) is 0 Å². The SMILES string of the molecule is CCNC(=NCCCN(CC)c1ccccc1)NC1CCN(C(C)C)CC1.I. The van der Waals surface area contributed by atoms with Gasteiger partial charge in [-0.1, -0.05) is 18.2 Å². The highest BCUT2D eigenvalue weighted by Crippen LogP contribution is 2.14. The van der Waals surface area contributed by atoms with Crippen LogP contribution in [-0.4, -0.2) is 62.2 Å². The molecule has 1 fully saturated rings. The Morgan fingerprint density at radius 2 is 1.86 bits per heavy atom. The molecule has 1 saturated heterocycles. The van der Waals surface area contributed by atoms with E-state index in [2.05, 4.69) is 78.5 Å². The molecule has 1 aromatic rings. The minimum absolute atomic E-state index is 0. The molecule has 160 valence electrons. The maximum Gasteiger partial charge on any atom is 0.191 e. The second kappa shape index (κ2) is 14.0. The Bertz CT molecular complexity index is 541. The van der Waals surface area contributed by atoms with E-state index in [4.69, 9.17) is 4.99 Å². The van der Waals surface area contributed by atoms with Crippen LogP contribution in [-0.2, 0) is 0 Å². The predicted molar refractivity (Wildman–Crippen MR) is 133 cm³/mol. The first-order valence-electron chi connectivity index (χ1n) is 10.7. The van der Waals surface area contributed by atoms with Gasteiger partial charge in [0.1, 0.15) is 0 Å². The van der Waals surface area contributed by atoms with Crippen LogP contribution in [0.15, 0.2) is 35.3 Å². The fourth-order valence-electron chi connectivity index (χ4n) is 3.63. The summed E-state index contributed by atoms with van der Waals surface area (Å²) in [4.78, 5) is 9.79. The monoisotopic (exact) mass is 501 g/mol. The van der Waals surface area contributed by atoms with Gasteiger partial charge in [-0.2, -0.15) is 0 Å². The number of nitrogens with zero attached hydrogens (tertiary/aromatic N) is 3. The largest absolute Gasteiger partial charge is 0.372 e. The molecule has 5 nitrogen and oxygen atoms in total. The number of nitrogens with one attached hydrogen (secondary N) is 2. The lowest BCUT2D eigenvalue weighted by Crippen LogP contribution is -2.49. The molecule has 1 aromatic carbocycles. The van der Waals surface area contributed by atoms with Crippen molar-refractivity contribution >= 4 is 35.6 Å². The molecule has 1 heterocycles. The molecule has 1 aliphatic rings. The fraction of sp³-hybridized carbons (Fsp3) is 0.682. The van der Waals surface area contributed by atoms with Gasteiger partial charge in [0.05, 0.1) is 0 Å². The van der Waals surface area contributed by atoms with Gasteiger partial charge in [-0.15, -0.1) is 24.0 Å². The Balaban J connectivity index is 0.00000392. The van der Waals surface area contributed by atoms with Crippen molar-refractivity contribution in [3.63, 3.8) is 0 Å². The first-order chi connectivity index (χ1) is 13.1. The van der Waals surface area contributed by atoms with Crippen LogP contribution in [0.5, 0.6) is 0 Å². The molecule has 0 saturated carbocycles. The number of guanidine groups is 1. The fourth-order valence-corrected chi connectivity index (χ4v) is 3.63. The van der Waals surface area contributed by atoms with Crippen molar-refractivity contribution in [2.45, 2.75) is 59.0 Å². The van der Waals surface area contributed by atoms with Crippen LogP contribution in [0, 0.1) is 0 Å². The van der Waals surface area contributed by atoms with E-state index in [0.29, 0.717) is 12.1 Å². The summed E-state index contributed by atoms with van der Waals surface area (Å²) in [6.07, 6.45) is 3.45. The zero-order valence-corrected chi connectivity index (χ0v) is 20.5. The van der Waals surface area contributed by atoms with Gasteiger partial charge in [-0.3, -0.25) is 4.99 Å². The van der Waals surface area contributed by atoms with Crippen molar-refractivity contribution < 1.29 is 0 Å². The van der Waals surface area contributed by atoms with E-state index in [1.165, 1.54) is 31.6 Å². The van der Waals surface area contributed by atoms with Crippen molar-refractivity contribution in [3.05, 3.63) is 30.3 Å². The molecule has 0 amide bonds. The number of piperidine rings is 1. The number of aliphatic imine (C=N–C) groups is 1. The quantitative estimate of drug-likeness (QED) is 0.233. The highest BCUT2D eigenvalue weighted by molar-refractivity contribution is 14.0. The predicted octanol–water partition coefficient (Wildman–Crippen LogP) is 3.95. The molecule has 2 N–H and O–H groups in total. The molecule has 0 spiro atoms. The van der Waals surface area contributed by atoms with Gasteiger partial charge in [0, 0.05) is 57.0 Å². The minimum Gasteiger partial charge on any atom is -0.372 e. The molecule has 28 heavy (non-hydrogen) atoms. The number of benzene rings is 1. The topological polar surface area (TPSA) is 42.9 Å². The molecule has 0 bridgehead atoms. The summed E-state index contributed by atoms with van der Waals surface area (Å²) in [6.45, 7) is 15.1. The van der Waals surface area contributed by atoms with Gasteiger partial charge in [0.25, 0.3) is 0 Å². The number of hydrogen-bond acceptors (Lipinski definition) is 3. The van der Waals surface area contributed by atoms with Crippen LogP contribution in [0.3, 0.4) is 0 Å². The maximum atomic E-state index is 4.82. The number of para-hydroxylation sites is 1. The molecular formula is C22H40IN5. The van der Waals surface area contributed by atoms with Crippen molar-refractivity contribution in [3.8, 4) is 0 Å². The summed E-state index contributed by atoms with van der Waals surface area (Å²) in [5.74, 6) is 0.975. The molecule has 0 radical (unpaired) electrons. The summed E-state index contributed by atoms with van der Waals surface area (Å²) in [6, 6.07) is 11.8. The Hall–Kier alpha value is -1.02. The van der Waals surface area contributed by atoms with E-state index >= 15 is 0 Å². The summed E-state index contributed by atoms with van der Waals surface area (Å²) >= 11 is 0. The standard InChI is InChI=1S/C22H39N5.HI/c1-5-23-22(25-20-13-17-27(18-14-20)19(3)4)24-15-10-16-26(6-2)21-11-8-7-9-12-21;/h7-9,11-12,19-20H,5-6,10,13-18H2,1-4H3,(H2,23,24,25);1H. The third-order valence-corrected chi connectivity index (χ3v) is 5.30. The zero-order chi connectivity index (χ0) is 19.5. The van der Waals surface area contributed by atoms with E-state index in [1.807, 2.05) is 0 Å².